The summed E-state index contributed by atoms with van der Waals surface area (Å²) in [4.78, 5) is 13.4. The van der Waals surface area contributed by atoms with Gasteiger partial charge in [-0.15, -0.1) is 10.2 Å². The molecule has 0 spiro atoms. The van der Waals surface area contributed by atoms with Crippen LogP contribution in [0.2, 0.25) is 0 Å². The SMILES string of the molecule is CCn1nnc(C2C=CC(S(=O)(=O)NC3(C(=O)O)CC3c3ccccc3)=CC2)n1. The number of aliphatic carboxylic acids is 1. The molecule has 2 aromatic rings. The number of tetrazole rings is 1. The van der Waals surface area contributed by atoms with E-state index in [0.29, 0.717) is 18.8 Å². The Kier molecular flexibility index (Phi) is 4.83. The average molecular weight is 415 g/mol. The van der Waals surface area contributed by atoms with Crippen molar-refractivity contribution in [1.82, 2.24) is 24.9 Å². The molecule has 0 amide bonds. The number of carboxylic acids is 1. The minimum absolute atomic E-state index is 0.0518. The van der Waals surface area contributed by atoms with Crippen molar-refractivity contribution in [2.24, 2.45) is 0 Å². The Morgan fingerprint density at radius 3 is 2.69 bits per heavy atom. The number of allylic oxidation sites excluding steroid dienone is 3. The topological polar surface area (TPSA) is 127 Å². The molecule has 0 bridgehead atoms. The molecule has 3 atom stereocenters. The summed E-state index contributed by atoms with van der Waals surface area (Å²) >= 11 is 0. The first-order valence-electron chi connectivity index (χ1n) is 9.34. The van der Waals surface area contributed by atoms with Crippen molar-refractivity contribution in [3.63, 3.8) is 0 Å². The number of aryl methyl sites for hydroxylation is 1. The van der Waals surface area contributed by atoms with Gasteiger partial charge < -0.3 is 5.11 Å². The van der Waals surface area contributed by atoms with Gasteiger partial charge in [0.2, 0.25) is 10.0 Å². The molecule has 0 saturated heterocycles. The third-order valence-corrected chi connectivity index (χ3v) is 6.88. The van der Waals surface area contributed by atoms with Crippen LogP contribution in [0.3, 0.4) is 0 Å². The van der Waals surface area contributed by atoms with Gasteiger partial charge in [-0.1, -0.05) is 42.5 Å². The van der Waals surface area contributed by atoms with Crippen molar-refractivity contribution in [1.29, 1.82) is 0 Å². The molecule has 0 radical (unpaired) electrons. The second-order valence-electron chi connectivity index (χ2n) is 7.19. The molecule has 9 nitrogen and oxygen atoms in total. The molecule has 1 saturated carbocycles. The molecular weight excluding hydrogens is 394 g/mol. The van der Waals surface area contributed by atoms with Crippen LogP contribution in [-0.2, 0) is 21.4 Å². The molecule has 0 aliphatic heterocycles. The molecule has 1 aromatic heterocycles. The summed E-state index contributed by atoms with van der Waals surface area (Å²) in [6.45, 7) is 2.50. The zero-order valence-electron chi connectivity index (χ0n) is 15.8. The molecule has 152 valence electrons. The van der Waals surface area contributed by atoms with Gasteiger partial charge in [-0.05, 0) is 36.6 Å². The van der Waals surface area contributed by atoms with Crippen LogP contribution < -0.4 is 4.72 Å². The van der Waals surface area contributed by atoms with Gasteiger partial charge in [0.05, 0.1) is 11.4 Å². The highest BCUT2D eigenvalue weighted by molar-refractivity contribution is 7.93. The van der Waals surface area contributed by atoms with Crippen molar-refractivity contribution < 1.29 is 18.3 Å². The fraction of sp³-hybridized carbons (Fsp3) is 0.368. The van der Waals surface area contributed by atoms with Crippen molar-refractivity contribution in [2.75, 3.05) is 0 Å². The lowest BCUT2D eigenvalue weighted by molar-refractivity contribution is -0.140. The van der Waals surface area contributed by atoms with E-state index in [9.17, 15) is 18.3 Å². The first kappa shape index (κ1) is 19.5. The number of benzene rings is 1. The Labute approximate surface area is 168 Å². The first-order valence-corrected chi connectivity index (χ1v) is 10.8. The highest BCUT2D eigenvalue weighted by Crippen LogP contribution is 2.52. The van der Waals surface area contributed by atoms with E-state index in [4.69, 9.17) is 0 Å². The molecule has 4 rings (SSSR count). The Bertz CT molecular complexity index is 1090. The van der Waals surface area contributed by atoms with Gasteiger partial charge >= 0.3 is 5.97 Å². The number of hydrogen-bond donors (Lipinski definition) is 2. The predicted octanol–water partition coefficient (Wildman–Crippen LogP) is 1.55. The van der Waals surface area contributed by atoms with Gasteiger partial charge in [-0.25, -0.2) is 8.42 Å². The highest BCUT2D eigenvalue weighted by Gasteiger charge is 2.63. The summed E-state index contributed by atoms with van der Waals surface area (Å²) in [6.07, 6.45) is 5.36. The second-order valence-corrected chi connectivity index (χ2v) is 8.88. The van der Waals surface area contributed by atoms with Gasteiger partial charge in [-0.3, -0.25) is 4.79 Å². The maximum absolute atomic E-state index is 12.9. The number of aromatic nitrogens is 4. The average Bonchev–Trinajstić information content (AvgIpc) is 3.24. The van der Waals surface area contributed by atoms with Gasteiger partial charge in [-0.2, -0.15) is 9.52 Å². The predicted molar refractivity (Wildman–Crippen MR) is 104 cm³/mol. The van der Waals surface area contributed by atoms with E-state index in [0.717, 1.165) is 5.56 Å². The third-order valence-electron chi connectivity index (χ3n) is 5.32. The van der Waals surface area contributed by atoms with Crippen LogP contribution in [-0.4, -0.2) is 45.2 Å². The fourth-order valence-corrected chi connectivity index (χ4v) is 5.06. The lowest BCUT2D eigenvalue weighted by atomic mass is 10.0. The summed E-state index contributed by atoms with van der Waals surface area (Å²) in [5.74, 6) is -1.21. The molecule has 2 N–H and O–H groups in total. The van der Waals surface area contributed by atoms with Crippen molar-refractivity contribution in [2.45, 2.75) is 43.7 Å². The summed E-state index contributed by atoms with van der Waals surface area (Å²) in [7, 11) is -3.99. The van der Waals surface area contributed by atoms with Crippen molar-refractivity contribution >= 4 is 16.0 Å². The number of carbonyl (C=O) groups is 1. The normalized spacial score (nSPS) is 26.2. The van der Waals surface area contributed by atoms with Crippen LogP contribution in [0, 0.1) is 0 Å². The Balaban J connectivity index is 1.50. The first-order chi connectivity index (χ1) is 13.9. The quantitative estimate of drug-likeness (QED) is 0.702. The molecule has 2 aliphatic carbocycles. The molecular formula is C19H21N5O4S. The monoisotopic (exact) mass is 415 g/mol. The van der Waals surface area contributed by atoms with E-state index >= 15 is 0 Å². The molecule has 1 fully saturated rings. The maximum Gasteiger partial charge on any atom is 0.325 e. The van der Waals surface area contributed by atoms with Crippen LogP contribution in [0.4, 0.5) is 0 Å². The standard InChI is InChI=1S/C19H21N5O4S/c1-2-24-21-17(20-23-24)14-8-10-15(11-9-14)29(27,28)22-19(18(25)26)12-16(19)13-6-4-3-5-7-13/h3-8,10-11,14,16,22H,2,9,12H2,1H3,(H,25,26). The third kappa shape index (κ3) is 3.60. The summed E-state index contributed by atoms with van der Waals surface area (Å²) in [5.41, 5.74) is -0.715. The molecule has 1 aromatic carbocycles. The lowest BCUT2D eigenvalue weighted by Crippen LogP contribution is -2.44. The van der Waals surface area contributed by atoms with Crippen LogP contribution >= 0.6 is 0 Å². The number of nitrogens with one attached hydrogen (secondary N) is 1. The molecule has 10 heteroatoms. The minimum atomic E-state index is -3.99. The fourth-order valence-electron chi connectivity index (χ4n) is 3.57. The Hall–Kier alpha value is -2.85. The zero-order chi connectivity index (χ0) is 20.6. The maximum atomic E-state index is 12.9. The second kappa shape index (κ2) is 7.20. The van der Waals surface area contributed by atoms with E-state index < -0.39 is 27.4 Å². The van der Waals surface area contributed by atoms with E-state index in [1.807, 2.05) is 37.3 Å². The molecule has 3 unspecified atom stereocenters. The van der Waals surface area contributed by atoms with Crippen LogP contribution in [0.1, 0.15) is 43.0 Å². The van der Waals surface area contributed by atoms with Gasteiger partial charge in [0.15, 0.2) is 5.82 Å². The van der Waals surface area contributed by atoms with Crippen molar-refractivity contribution in [3.8, 4) is 0 Å². The van der Waals surface area contributed by atoms with Crippen molar-refractivity contribution in [3.05, 3.63) is 64.9 Å². The number of carboxylic acid groups (broad SMARTS) is 1. The van der Waals surface area contributed by atoms with E-state index in [-0.39, 0.29) is 17.2 Å². The number of hydrogen-bond acceptors (Lipinski definition) is 6. The summed E-state index contributed by atoms with van der Waals surface area (Å²) in [5, 5.41) is 21.9. The van der Waals surface area contributed by atoms with Gasteiger partial charge in [0.1, 0.15) is 5.54 Å². The molecule has 1 heterocycles. The molecule has 29 heavy (non-hydrogen) atoms. The van der Waals surface area contributed by atoms with Gasteiger partial charge in [0.25, 0.3) is 0 Å². The van der Waals surface area contributed by atoms with E-state index in [2.05, 4.69) is 20.1 Å². The number of nitrogens with zero attached hydrogens (tertiary/aromatic N) is 4. The van der Waals surface area contributed by atoms with E-state index in [1.165, 1.54) is 10.9 Å². The molecule has 2 aliphatic rings. The Morgan fingerprint density at radius 1 is 1.34 bits per heavy atom. The lowest BCUT2D eigenvalue weighted by Gasteiger charge is -2.18. The number of sulfonamides is 1. The largest absolute Gasteiger partial charge is 0.480 e. The summed E-state index contributed by atoms with van der Waals surface area (Å²) in [6, 6.07) is 9.07. The van der Waals surface area contributed by atoms with Crippen LogP contribution in [0.15, 0.2) is 53.5 Å². The van der Waals surface area contributed by atoms with E-state index in [1.54, 1.807) is 12.2 Å². The highest BCUT2D eigenvalue weighted by atomic mass is 32.2. The Morgan fingerprint density at radius 2 is 2.10 bits per heavy atom. The summed E-state index contributed by atoms with van der Waals surface area (Å²) < 4.78 is 28.2. The van der Waals surface area contributed by atoms with Crippen LogP contribution in [0.5, 0.6) is 0 Å². The van der Waals surface area contributed by atoms with Crippen LogP contribution in [0.25, 0.3) is 0 Å². The number of rotatable bonds is 7. The van der Waals surface area contributed by atoms with Gasteiger partial charge in [0, 0.05) is 11.8 Å². The smallest absolute Gasteiger partial charge is 0.325 e. The zero-order valence-corrected chi connectivity index (χ0v) is 16.6. The minimum Gasteiger partial charge on any atom is -0.480 e.